The minimum absolute atomic E-state index is 0.187. The number of carbonyl (C=O) groups is 1. The molecule has 0 saturated carbocycles. The Morgan fingerprint density at radius 1 is 1.45 bits per heavy atom. The van der Waals surface area contributed by atoms with Crippen molar-refractivity contribution in [3.05, 3.63) is 17.5 Å². The van der Waals surface area contributed by atoms with E-state index in [9.17, 15) is 4.79 Å². The van der Waals surface area contributed by atoms with Crippen LogP contribution in [0.4, 0.5) is 0 Å². The van der Waals surface area contributed by atoms with Crippen molar-refractivity contribution in [2.75, 3.05) is 5.75 Å². The summed E-state index contributed by atoms with van der Waals surface area (Å²) in [5.74, 6) is 1.35. The molecular weight excluding hydrogens is 316 g/mol. The molecule has 1 saturated heterocycles. The second-order valence-electron chi connectivity index (χ2n) is 5.66. The number of hydrogen-bond donors (Lipinski definition) is 1. The van der Waals surface area contributed by atoms with E-state index in [0.29, 0.717) is 23.0 Å². The second kappa shape index (κ2) is 6.83. The Labute approximate surface area is 138 Å². The molecule has 118 valence electrons. The Hall–Kier alpha value is -1.34. The number of rotatable bonds is 4. The largest absolute Gasteiger partial charge is 0.337 e. The third-order valence-electron chi connectivity index (χ3n) is 4.03. The first kappa shape index (κ1) is 15.6. The van der Waals surface area contributed by atoms with E-state index in [1.807, 2.05) is 22.4 Å². The number of likely N-dealkylation sites (tertiary alicyclic amines) is 1. The van der Waals surface area contributed by atoms with Gasteiger partial charge in [0.15, 0.2) is 5.82 Å². The predicted molar refractivity (Wildman–Crippen MR) is 90.0 cm³/mol. The number of thioether (sulfide) groups is 1. The first-order valence-corrected chi connectivity index (χ1v) is 9.42. The third-order valence-corrected chi connectivity index (χ3v) is 5.73. The summed E-state index contributed by atoms with van der Waals surface area (Å²) in [5.41, 5.74) is 0. The summed E-state index contributed by atoms with van der Waals surface area (Å²) in [5, 5.41) is 9.76. The van der Waals surface area contributed by atoms with E-state index in [-0.39, 0.29) is 5.91 Å². The van der Waals surface area contributed by atoms with Gasteiger partial charge in [-0.15, -0.1) is 16.4 Å². The number of hydrogen-bond acceptors (Lipinski definition) is 5. The lowest BCUT2D eigenvalue weighted by molar-refractivity contribution is -0.134. The summed E-state index contributed by atoms with van der Waals surface area (Å²) in [7, 11) is 0. The van der Waals surface area contributed by atoms with Gasteiger partial charge < -0.3 is 4.90 Å². The SMILES string of the molecule is C[C@@H]1CCC[C@H](C)N1C(=O)CSc1n[nH]c(-c2cccs2)n1. The van der Waals surface area contributed by atoms with E-state index >= 15 is 0 Å². The predicted octanol–water partition coefficient (Wildman–Crippen LogP) is 3.41. The molecule has 0 radical (unpaired) electrons. The molecular formula is C15H20N4OS2. The molecule has 0 bridgehead atoms. The summed E-state index contributed by atoms with van der Waals surface area (Å²) in [6.45, 7) is 4.28. The molecule has 1 fully saturated rings. The van der Waals surface area contributed by atoms with Crippen molar-refractivity contribution in [1.82, 2.24) is 20.1 Å². The summed E-state index contributed by atoms with van der Waals surface area (Å²) < 4.78 is 0. The van der Waals surface area contributed by atoms with Gasteiger partial charge in [0, 0.05) is 12.1 Å². The number of aromatic amines is 1. The fraction of sp³-hybridized carbons (Fsp3) is 0.533. The Morgan fingerprint density at radius 2 is 2.23 bits per heavy atom. The summed E-state index contributed by atoms with van der Waals surface area (Å²) in [4.78, 5) is 20.0. The Morgan fingerprint density at radius 3 is 2.91 bits per heavy atom. The zero-order chi connectivity index (χ0) is 15.5. The van der Waals surface area contributed by atoms with Crippen molar-refractivity contribution in [1.29, 1.82) is 0 Å². The smallest absolute Gasteiger partial charge is 0.233 e. The maximum Gasteiger partial charge on any atom is 0.233 e. The summed E-state index contributed by atoms with van der Waals surface area (Å²) in [6.07, 6.45) is 3.41. The van der Waals surface area contributed by atoms with E-state index in [1.54, 1.807) is 11.3 Å². The molecule has 3 rings (SSSR count). The zero-order valence-corrected chi connectivity index (χ0v) is 14.4. The number of nitrogens with one attached hydrogen (secondary N) is 1. The van der Waals surface area contributed by atoms with Crippen LogP contribution in [-0.2, 0) is 4.79 Å². The van der Waals surface area contributed by atoms with Crippen molar-refractivity contribution in [2.24, 2.45) is 0 Å². The molecule has 1 amide bonds. The van der Waals surface area contributed by atoms with Gasteiger partial charge in [-0.1, -0.05) is 17.8 Å². The Kier molecular flexibility index (Phi) is 4.83. The van der Waals surface area contributed by atoms with Crippen LogP contribution in [-0.4, -0.2) is 43.8 Å². The molecule has 2 aromatic heterocycles. The van der Waals surface area contributed by atoms with Gasteiger partial charge in [-0.25, -0.2) is 4.98 Å². The normalized spacial score (nSPS) is 22.0. The Bertz CT molecular complexity index is 615. The van der Waals surface area contributed by atoms with Crippen LogP contribution in [0.2, 0.25) is 0 Å². The highest BCUT2D eigenvalue weighted by Crippen LogP contribution is 2.26. The Balaban J connectivity index is 1.59. The molecule has 0 spiro atoms. The highest BCUT2D eigenvalue weighted by molar-refractivity contribution is 7.99. The van der Waals surface area contributed by atoms with Crippen LogP contribution in [0, 0.1) is 0 Å². The van der Waals surface area contributed by atoms with Gasteiger partial charge in [-0.05, 0) is 44.6 Å². The molecule has 7 heteroatoms. The quantitative estimate of drug-likeness (QED) is 0.869. The number of aromatic nitrogens is 3. The van der Waals surface area contributed by atoms with Crippen molar-refractivity contribution in [3.63, 3.8) is 0 Å². The van der Waals surface area contributed by atoms with Crippen molar-refractivity contribution in [2.45, 2.75) is 50.4 Å². The molecule has 22 heavy (non-hydrogen) atoms. The number of H-pyrrole nitrogens is 1. The number of thiophene rings is 1. The zero-order valence-electron chi connectivity index (χ0n) is 12.8. The van der Waals surface area contributed by atoms with Gasteiger partial charge >= 0.3 is 0 Å². The monoisotopic (exact) mass is 336 g/mol. The van der Waals surface area contributed by atoms with Crippen LogP contribution in [0.25, 0.3) is 10.7 Å². The van der Waals surface area contributed by atoms with E-state index in [2.05, 4.69) is 29.0 Å². The molecule has 2 atom stereocenters. The molecule has 1 aliphatic rings. The van der Waals surface area contributed by atoms with Gasteiger partial charge in [-0.2, -0.15) is 0 Å². The van der Waals surface area contributed by atoms with Crippen molar-refractivity contribution in [3.8, 4) is 10.7 Å². The molecule has 3 heterocycles. The van der Waals surface area contributed by atoms with Crippen LogP contribution >= 0.6 is 23.1 Å². The van der Waals surface area contributed by atoms with Gasteiger partial charge in [0.05, 0.1) is 10.6 Å². The van der Waals surface area contributed by atoms with Gasteiger partial charge in [-0.3, -0.25) is 9.89 Å². The molecule has 1 N–H and O–H groups in total. The minimum atomic E-state index is 0.187. The fourth-order valence-corrected chi connectivity index (χ4v) is 4.28. The van der Waals surface area contributed by atoms with Crippen LogP contribution < -0.4 is 0 Å². The van der Waals surface area contributed by atoms with Crippen molar-refractivity contribution < 1.29 is 4.79 Å². The van der Waals surface area contributed by atoms with Crippen molar-refractivity contribution >= 4 is 29.0 Å². The number of amides is 1. The number of piperidine rings is 1. The molecule has 5 nitrogen and oxygen atoms in total. The summed E-state index contributed by atoms with van der Waals surface area (Å²) >= 11 is 3.02. The van der Waals surface area contributed by atoms with Crippen LogP contribution in [0.5, 0.6) is 0 Å². The van der Waals surface area contributed by atoms with Gasteiger partial charge in [0.2, 0.25) is 11.1 Å². The molecule has 0 aromatic carbocycles. The average Bonchev–Trinajstić information content (AvgIpc) is 3.16. The highest BCUT2D eigenvalue weighted by Gasteiger charge is 2.28. The van der Waals surface area contributed by atoms with E-state index in [1.165, 1.54) is 18.2 Å². The maximum atomic E-state index is 12.5. The van der Waals surface area contributed by atoms with Crippen LogP contribution in [0.1, 0.15) is 33.1 Å². The van der Waals surface area contributed by atoms with Gasteiger partial charge in [0.1, 0.15) is 0 Å². The lowest BCUT2D eigenvalue weighted by Crippen LogP contribution is -2.48. The molecule has 2 aromatic rings. The average molecular weight is 336 g/mol. The fourth-order valence-electron chi connectivity index (χ4n) is 2.95. The van der Waals surface area contributed by atoms with E-state index in [0.717, 1.165) is 23.5 Å². The first-order valence-electron chi connectivity index (χ1n) is 7.55. The number of carbonyl (C=O) groups excluding carboxylic acids is 1. The van der Waals surface area contributed by atoms with E-state index in [4.69, 9.17) is 0 Å². The van der Waals surface area contributed by atoms with Crippen LogP contribution in [0.3, 0.4) is 0 Å². The topological polar surface area (TPSA) is 61.9 Å². The molecule has 1 aliphatic heterocycles. The molecule has 0 unspecified atom stereocenters. The maximum absolute atomic E-state index is 12.5. The standard InChI is InChI=1S/C15H20N4OS2/c1-10-5-3-6-11(2)19(10)13(20)9-22-15-16-14(17-18-15)12-7-4-8-21-12/h4,7-8,10-11H,3,5-6,9H2,1-2H3,(H,16,17,18)/t10-,11+. The first-order chi connectivity index (χ1) is 10.6. The summed E-state index contributed by atoms with van der Waals surface area (Å²) in [6, 6.07) is 4.66. The van der Waals surface area contributed by atoms with Gasteiger partial charge in [0.25, 0.3) is 0 Å². The van der Waals surface area contributed by atoms with E-state index < -0.39 is 0 Å². The lowest BCUT2D eigenvalue weighted by atomic mass is 9.98. The minimum Gasteiger partial charge on any atom is -0.337 e. The number of nitrogens with zero attached hydrogens (tertiary/aromatic N) is 3. The molecule has 0 aliphatic carbocycles. The third kappa shape index (κ3) is 3.35. The lowest BCUT2D eigenvalue weighted by Gasteiger charge is -2.39. The van der Waals surface area contributed by atoms with Crippen LogP contribution in [0.15, 0.2) is 22.7 Å². The second-order valence-corrected chi connectivity index (χ2v) is 7.55. The highest BCUT2D eigenvalue weighted by atomic mass is 32.2.